The summed E-state index contributed by atoms with van der Waals surface area (Å²) >= 11 is 0. The summed E-state index contributed by atoms with van der Waals surface area (Å²) in [6.45, 7) is 0. The van der Waals surface area contributed by atoms with Crippen molar-refractivity contribution < 1.29 is 4.42 Å². The summed E-state index contributed by atoms with van der Waals surface area (Å²) in [5.41, 5.74) is 7.43. The third kappa shape index (κ3) is 4.20. The lowest BCUT2D eigenvalue weighted by Crippen LogP contribution is -2.10. The van der Waals surface area contributed by atoms with Crippen molar-refractivity contribution in [1.82, 2.24) is 0 Å². The molecule has 48 heavy (non-hydrogen) atoms. The van der Waals surface area contributed by atoms with Gasteiger partial charge in [-0.05, 0) is 91.3 Å². The van der Waals surface area contributed by atoms with Gasteiger partial charge in [-0.2, -0.15) is 0 Å². The van der Waals surface area contributed by atoms with Crippen LogP contribution >= 0.6 is 0 Å². The fourth-order valence-electron chi connectivity index (χ4n) is 7.49. The van der Waals surface area contributed by atoms with Crippen molar-refractivity contribution in [2.75, 3.05) is 4.90 Å². The fourth-order valence-corrected chi connectivity index (χ4v) is 7.49. The van der Waals surface area contributed by atoms with E-state index in [2.05, 4.69) is 181 Å². The van der Waals surface area contributed by atoms with E-state index < -0.39 is 0 Å². The summed E-state index contributed by atoms with van der Waals surface area (Å²) in [5, 5.41) is 12.1. The van der Waals surface area contributed by atoms with E-state index in [9.17, 15) is 0 Å². The molecule has 2 heteroatoms. The molecular weight excluding hydrogens is 583 g/mol. The van der Waals surface area contributed by atoms with Crippen LogP contribution in [0.25, 0.3) is 76.2 Å². The van der Waals surface area contributed by atoms with E-state index in [0.717, 1.165) is 39.0 Å². The van der Waals surface area contributed by atoms with Gasteiger partial charge < -0.3 is 9.32 Å². The largest absolute Gasteiger partial charge is 0.456 e. The molecule has 0 atom stereocenters. The maximum atomic E-state index is 6.58. The van der Waals surface area contributed by atoms with Crippen molar-refractivity contribution in [2.24, 2.45) is 0 Å². The van der Waals surface area contributed by atoms with Gasteiger partial charge in [0.25, 0.3) is 0 Å². The molecule has 0 fully saturated rings. The summed E-state index contributed by atoms with van der Waals surface area (Å²) in [5.74, 6) is 0. The molecule has 1 aromatic heterocycles. The molecule has 0 N–H and O–H groups in total. The molecule has 0 aliphatic rings. The third-order valence-electron chi connectivity index (χ3n) is 9.78. The number of rotatable bonds is 4. The molecule has 0 unspecified atom stereocenters. The van der Waals surface area contributed by atoms with Crippen LogP contribution in [0.15, 0.2) is 180 Å². The Morgan fingerprint density at radius 2 is 0.938 bits per heavy atom. The van der Waals surface area contributed by atoms with Crippen LogP contribution in [0, 0.1) is 0 Å². The van der Waals surface area contributed by atoms with Crippen LogP contribution in [0.4, 0.5) is 17.1 Å². The Morgan fingerprint density at radius 1 is 0.333 bits per heavy atom. The van der Waals surface area contributed by atoms with Gasteiger partial charge in [0.2, 0.25) is 0 Å². The third-order valence-corrected chi connectivity index (χ3v) is 9.78. The quantitative estimate of drug-likeness (QED) is 0.184. The molecule has 9 aromatic carbocycles. The molecule has 2 nitrogen and oxygen atoms in total. The van der Waals surface area contributed by atoms with E-state index in [4.69, 9.17) is 4.42 Å². The predicted molar refractivity (Wildman–Crippen MR) is 204 cm³/mol. The molecule has 1 heterocycles. The zero-order valence-electron chi connectivity index (χ0n) is 26.1. The summed E-state index contributed by atoms with van der Waals surface area (Å²) in [4.78, 5) is 2.38. The normalized spacial score (nSPS) is 11.8. The highest BCUT2D eigenvalue weighted by Crippen LogP contribution is 2.45. The van der Waals surface area contributed by atoms with Gasteiger partial charge >= 0.3 is 0 Å². The Kier molecular flexibility index (Phi) is 5.91. The SMILES string of the molecule is c1ccc(-c2ccc(N(c3ccc4c(c3)oc3cc5ccccc5cc34)c3cc4ccc5ccccc5c4c4ccccc34)cc2)cc1. The molecule has 224 valence electrons. The van der Waals surface area contributed by atoms with E-state index in [-0.39, 0.29) is 0 Å². The van der Waals surface area contributed by atoms with Crippen molar-refractivity contribution in [3.05, 3.63) is 176 Å². The maximum Gasteiger partial charge on any atom is 0.137 e. The van der Waals surface area contributed by atoms with Crippen molar-refractivity contribution in [3.63, 3.8) is 0 Å². The van der Waals surface area contributed by atoms with E-state index in [1.165, 1.54) is 54.2 Å². The van der Waals surface area contributed by atoms with E-state index in [0.29, 0.717) is 0 Å². The maximum absolute atomic E-state index is 6.58. The lowest BCUT2D eigenvalue weighted by molar-refractivity contribution is 0.669. The molecule has 0 aliphatic carbocycles. The number of benzene rings is 9. The van der Waals surface area contributed by atoms with Crippen molar-refractivity contribution in [2.45, 2.75) is 0 Å². The van der Waals surface area contributed by atoms with Crippen molar-refractivity contribution >= 4 is 82.1 Å². The highest BCUT2D eigenvalue weighted by atomic mass is 16.3. The zero-order valence-corrected chi connectivity index (χ0v) is 26.1. The molecule has 0 radical (unpaired) electrons. The van der Waals surface area contributed by atoms with Crippen LogP contribution in [0.2, 0.25) is 0 Å². The van der Waals surface area contributed by atoms with Crippen LogP contribution in [0.5, 0.6) is 0 Å². The van der Waals surface area contributed by atoms with Gasteiger partial charge in [0, 0.05) is 33.6 Å². The first kappa shape index (κ1) is 26.8. The second kappa shape index (κ2) is 10.6. The minimum atomic E-state index is 0.875. The first-order chi connectivity index (χ1) is 23.8. The zero-order chi connectivity index (χ0) is 31.6. The highest BCUT2D eigenvalue weighted by Gasteiger charge is 2.20. The molecule has 10 rings (SSSR count). The van der Waals surface area contributed by atoms with E-state index >= 15 is 0 Å². The molecule has 0 bridgehead atoms. The van der Waals surface area contributed by atoms with Gasteiger partial charge in [0.15, 0.2) is 0 Å². The summed E-state index contributed by atoms with van der Waals surface area (Å²) in [6, 6.07) is 63.3. The Labute approximate surface area is 277 Å². The Balaban J connectivity index is 1.23. The van der Waals surface area contributed by atoms with Gasteiger partial charge in [-0.3, -0.25) is 0 Å². The van der Waals surface area contributed by atoms with Crippen LogP contribution < -0.4 is 4.90 Å². The average Bonchev–Trinajstić information content (AvgIpc) is 3.51. The summed E-state index contributed by atoms with van der Waals surface area (Å²) in [6.07, 6.45) is 0. The van der Waals surface area contributed by atoms with Crippen LogP contribution in [0.1, 0.15) is 0 Å². The second-order valence-corrected chi connectivity index (χ2v) is 12.6. The highest BCUT2D eigenvalue weighted by molar-refractivity contribution is 6.23. The smallest absolute Gasteiger partial charge is 0.137 e. The minimum absolute atomic E-state index is 0.875. The first-order valence-corrected chi connectivity index (χ1v) is 16.4. The molecule has 0 aliphatic heterocycles. The number of anilines is 3. The predicted octanol–water partition coefficient (Wildman–Crippen LogP) is 13.3. The monoisotopic (exact) mass is 611 g/mol. The molecule has 0 saturated heterocycles. The minimum Gasteiger partial charge on any atom is -0.456 e. The first-order valence-electron chi connectivity index (χ1n) is 16.4. The van der Waals surface area contributed by atoms with E-state index in [1.807, 2.05) is 0 Å². The Bertz CT molecular complexity index is 2830. The molecule has 10 aromatic rings. The number of furan rings is 1. The number of hydrogen-bond acceptors (Lipinski definition) is 2. The van der Waals surface area contributed by atoms with Crippen LogP contribution in [-0.2, 0) is 0 Å². The van der Waals surface area contributed by atoms with Gasteiger partial charge in [-0.25, -0.2) is 0 Å². The van der Waals surface area contributed by atoms with Crippen LogP contribution in [-0.4, -0.2) is 0 Å². The molecule has 0 amide bonds. The number of fused-ring (bicyclic) bond motifs is 9. The van der Waals surface area contributed by atoms with E-state index in [1.54, 1.807) is 0 Å². The van der Waals surface area contributed by atoms with Crippen LogP contribution in [0.3, 0.4) is 0 Å². The lowest BCUT2D eigenvalue weighted by atomic mass is 9.94. The molecule has 0 saturated carbocycles. The average molecular weight is 612 g/mol. The van der Waals surface area contributed by atoms with Gasteiger partial charge in [0.05, 0.1) is 5.69 Å². The lowest BCUT2D eigenvalue weighted by Gasteiger charge is -2.28. The number of nitrogens with zero attached hydrogens (tertiary/aromatic N) is 1. The Hall–Kier alpha value is -6.38. The van der Waals surface area contributed by atoms with Gasteiger partial charge in [-0.15, -0.1) is 0 Å². The fraction of sp³-hybridized carbons (Fsp3) is 0. The molecular formula is C46H29NO. The standard InChI is InChI=1S/C46H29NO/c1-2-10-30(11-3-1)31-20-22-36(23-21-31)47(37-24-25-40-42-26-33-13-4-5-14-34(33)28-44(42)48-45(40)29-37)43-27-35-19-18-32-12-6-7-15-38(32)46(35)41-17-9-8-16-39(41)43/h1-29H. The summed E-state index contributed by atoms with van der Waals surface area (Å²) < 4.78 is 6.58. The van der Waals surface area contributed by atoms with Crippen molar-refractivity contribution in [3.8, 4) is 11.1 Å². The van der Waals surface area contributed by atoms with Gasteiger partial charge in [-0.1, -0.05) is 127 Å². The molecule has 0 spiro atoms. The Morgan fingerprint density at radius 3 is 1.75 bits per heavy atom. The van der Waals surface area contributed by atoms with Crippen molar-refractivity contribution in [1.29, 1.82) is 0 Å². The second-order valence-electron chi connectivity index (χ2n) is 12.6. The van der Waals surface area contributed by atoms with Gasteiger partial charge in [0.1, 0.15) is 11.2 Å². The topological polar surface area (TPSA) is 16.4 Å². The summed E-state index contributed by atoms with van der Waals surface area (Å²) in [7, 11) is 0. The number of hydrogen-bond donors (Lipinski definition) is 0.